The first-order valence-electron chi connectivity index (χ1n) is 7.69. The number of methoxy groups -OCH3 is 1. The maximum absolute atomic E-state index is 11.4. The molecule has 0 unspecified atom stereocenters. The Kier molecular flexibility index (Phi) is 4.14. The lowest BCUT2D eigenvalue weighted by Gasteiger charge is -2.03. The Morgan fingerprint density at radius 2 is 2.00 bits per heavy atom. The van der Waals surface area contributed by atoms with Gasteiger partial charge in [0.1, 0.15) is 17.0 Å². The minimum atomic E-state index is -0.563. The van der Waals surface area contributed by atoms with E-state index in [1.807, 2.05) is 42.5 Å². The molecule has 26 heavy (non-hydrogen) atoms. The number of hydrogen-bond acceptors (Lipinski definition) is 5. The van der Waals surface area contributed by atoms with Crippen LogP contribution in [0.5, 0.6) is 5.75 Å². The topological polar surface area (TPSA) is 78.4 Å². The molecule has 0 fully saturated rings. The molecule has 5 nitrogen and oxygen atoms in total. The Morgan fingerprint density at radius 3 is 2.65 bits per heavy atom. The molecule has 2 aromatic heterocycles. The third-order valence-corrected chi connectivity index (χ3v) is 5.08. The van der Waals surface area contributed by atoms with E-state index in [0.29, 0.717) is 22.1 Å². The molecule has 130 valence electrons. The van der Waals surface area contributed by atoms with Gasteiger partial charge in [-0.2, -0.15) is 0 Å². The number of ether oxygens (including phenoxy) is 1. The predicted octanol–water partition coefficient (Wildman–Crippen LogP) is 4.98. The largest absolute Gasteiger partial charge is 0.497 e. The molecule has 1 amide bonds. The third-order valence-electron chi connectivity index (χ3n) is 3.98. The Morgan fingerprint density at radius 1 is 1.23 bits per heavy atom. The van der Waals surface area contributed by atoms with Crippen LogP contribution in [-0.4, -0.2) is 18.0 Å². The Balaban J connectivity index is 2.00. The highest BCUT2D eigenvalue weighted by Crippen LogP contribution is 2.42. The second kappa shape index (κ2) is 6.48. The fraction of sp³-hybridized carbons (Fsp3) is 0.0526. The van der Waals surface area contributed by atoms with Crippen LogP contribution in [0.2, 0.25) is 5.02 Å². The lowest BCUT2D eigenvalue weighted by molar-refractivity contribution is 0.1000. The minimum Gasteiger partial charge on any atom is -0.497 e. The number of fused-ring (bicyclic) bond motifs is 1. The normalized spacial score (nSPS) is 11.0. The molecule has 4 aromatic rings. The minimum absolute atomic E-state index is 0.236. The molecule has 7 heteroatoms. The Labute approximate surface area is 158 Å². The van der Waals surface area contributed by atoms with Gasteiger partial charge >= 0.3 is 0 Å². The van der Waals surface area contributed by atoms with E-state index in [1.54, 1.807) is 12.5 Å². The molecule has 2 aromatic carbocycles. The standard InChI is InChI=1S/C19H13ClN2O3S/c1-24-12-6-7-15-13(8-12)16(10-2-4-11(20)5-3-10)17(25-15)14-9-26-19(22-14)18(21)23/h2-9H,1H3,(H2,21,23). The summed E-state index contributed by atoms with van der Waals surface area (Å²) in [6, 6.07) is 13.0. The van der Waals surface area contributed by atoms with Crippen LogP contribution in [0.15, 0.2) is 52.3 Å². The number of primary amides is 1. The monoisotopic (exact) mass is 384 g/mol. The number of carbonyl (C=O) groups is 1. The third kappa shape index (κ3) is 2.83. The second-order valence-corrected chi connectivity index (χ2v) is 6.87. The van der Waals surface area contributed by atoms with Crippen molar-refractivity contribution in [1.82, 2.24) is 4.98 Å². The molecular formula is C19H13ClN2O3S. The van der Waals surface area contributed by atoms with E-state index in [0.717, 1.165) is 22.3 Å². The zero-order chi connectivity index (χ0) is 18.3. The van der Waals surface area contributed by atoms with E-state index in [2.05, 4.69) is 4.98 Å². The summed E-state index contributed by atoms with van der Waals surface area (Å²) < 4.78 is 11.4. The number of nitrogens with two attached hydrogens (primary N) is 1. The summed E-state index contributed by atoms with van der Waals surface area (Å²) in [5.74, 6) is 0.725. The van der Waals surface area contributed by atoms with E-state index in [-0.39, 0.29) is 5.01 Å². The molecule has 2 heterocycles. The average Bonchev–Trinajstić information content (AvgIpc) is 3.26. The zero-order valence-corrected chi connectivity index (χ0v) is 15.2. The second-order valence-electron chi connectivity index (χ2n) is 5.58. The van der Waals surface area contributed by atoms with E-state index < -0.39 is 5.91 Å². The van der Waals surface area contributed by atoms with Gasteiger partial charge in [0, 0.05) is 21.4 Å². The number of furan rings is 1. The van der Waals surface area contributed by atoms with Crippen LogP contribution in [0.25, 0.3) is 33.6 Å². The van der Waals surface area contributed by atoms with E-state index in [4.69, 9.17) is 26.5 Å². The number of aromatic nitrogens is 1. The van der Waals surface area contributed by atoms with Crippen LogP contribution in [0.4, 0.5) is 0 Å². The van der Waals surface area contributed by atoms with Gasteiger partial charge < -0.3 is 14.9 Å². The number of thiazole rings is 1. The SMILES string of the molecule is COc1ccc2oc(-c3csc(C(N)=O)n3)c(-c3ccc(Cl)cc3)c2c1. The summed E-state index contributed by atoms with van der Waals surface area (Å²) in [4.78, 5) is 15.7. The van der Waals surface area contributed by atoms with Crippen LogP contribution in [0, 0.1) is 0 Å². The maximum Gasteiger partial charge on any atom is 0.277 e. The van der Waals surface area contributed by atoms with Crippen molar-refractivity contribution in [3.63, 3.8) is 0 Å². The van der Waals surface area contributed by atoms with Crippen LogP contribution >= 0.6 is 22.9 Å². The summed E-state index contributed by atoms with van der Waals surface area (Å²) in [6.45, 7) is 0. The Bertz CT molecular complexity index is 1120. The number of halogens is 1. The molecule has 0 atom stereocenters. The summed E-state index contributed by atoms with van der Waals surface area (Å²) in [7, 11) is 1.61. The number of hydrogen-bond donors (Lipinski definition) is 1. The van der Waals surface area contributed by atoms with E-state index in [1.165, 1.54) is 11.3 Å². The van der Waals surface area contributed by atoms with Crippen molar-refractivity contribution < 1.29 is 13.9 Å². The highest BCUT2D eigenvalue weighted by molar-refractivity contribution is 7.12. The molecule has 0 aliphatic carbocycles. The van der Waals surface area contributed by atoms with E-state index >= 15 is 0 Å². The number of benzene rings is 2. The van der Waals surface area contributed by atoms with Crippen molar-refractivity contribution in [3.8, 4) is 28.3 Å². The van der Waals surface area contributed by atoms with Crippen molar-refractivity contribution >= 4 is 39.8 Å². The van der Waals surface area contributed by atoms with Gasteiger partial charge in [-0.05, 0) is 35.9 Å². The highest BCUT2D eigenvalue weighted by Gasteiger charge is 2.21. The van der Waals surface area contributed by atoms with Crippen molar-refractivity contribution in [2.45, 2.75) is 0 Å². The zero-order valence-electron chi connectivity index (χ0n) is 13.7. The molecule has 0 bridgehead atoms. The predicted molar refractivity (Wildman–Crippen MR) is 103 cm³/mol. The first-order valence-corrected chi connectivity index (χ1v) is 8.95. The van der Waals surface area contributed by atoms with Crippen molar-refractivity contribution in [2.75, 3.05) is 7.11 Å². The van der Waals surface area contributed by atoms with Crippen molar-refractivity contribution in [3.05, 3.63) is 57.9 Å². The number of carbonyl (C=O) groups excluding carboxylic acids is 1. The van der Waals surface area contributed by atoms with Gasteiger partial charge in [-0.3, -0.25) is 4.79 Å². The molecule has 0 aliphatic rings. The smallest absolute Gasteiger partial charge is 0.277 e. The molecule has 0 saturated heterocycles. The fourth-order valence-electron chi connectivity index (χ4n) is 2.78. The van der Waals surface area contributed by atoms with Gasteiger partial charge in [0.25, 0.3) is 5.91 Å². The molecular weight excluding hydrogens is 372 g/mol. The number of nitrogens with zero attached hydrogens (tertiary/aromatic N) is 1. The molecule has 0 saturated carbocycles. The summed E-state index contributed by atoms with van der Waals surface area (Å²) >= 11 is 7.21. The van der Waals surface area contributed by atoms with E-state index in [9.17, 15) is 4.79 Å². The number of rotatable bonds is 4. The van der Waals surface area contributed by atoms with Crippen LogP contribution in [0.1, 0.15) is 9.80 Å². The quantitative estimate of drug-likeness (QED) is 0.538. The molecule has 0 aliphatic heterocycles. The summed E-state index contributed by atoms with van der Waals surface area (Å²) in [5.41, 5.74) is 8.36. The van der Waals surface area contributed by atoms with Gasteiger partial charge in [0.15, 0.2) is 10.8 Å². The molecule has 2 N–H and O–H groups in total. The molecule has 4 rings (SSSR count). The van der Waals surface area contributed by atoms with Crippen molar-refractivity contribution in [1.29, 1.82) is 0 Å². The molecule has 0 spiro atoms. The van der Waals surface area contributed by atoms with Crippen LogP contribution < -0.4 is 10.5 Å². The number of amides is 1. The maximum atomic E-state index is 11.4. The average molecular weight is 385 g/mol. The lowest BCUT2D eigenvalue weighted by Crippen LogP contribution is -2.10. The van der Waals surface area contributed by atoms with Gasteiger partial charge in [-0.1, -0.05) is 23.7 Å². The van der Waals surface area contributed by atoms with Gasteiger partial charge in [-0.25, -0.2) is 4.98 Å². The first kappa shape index (κ1) is 16.6. The van der Waals surface area contributed by atoms with Gasteiger partial charge in [0.05, 0.1) is 7.11 Å². The molecule has 0 radical (unpaired) electrons. The van der Waals surface area contributed by atoms with Crippen molar-refractivity contribution in [2.24, 2.45) is 5.73 Å². The van der Waals surface area contributed by atoms with Gasteiger partial charge in [-0.15, -0.1) is 11.3 Å². The van der Waals surface area contributed by atoms with Crippen LogP contribution in [-0.2, 0) is 0 Å². The highest BCUT2D eigenvalue weighted by atomic mass is 35.5. The summed E-state index contributed by atoms with van der Waals surface area (Å²) in [5, 5.41) is 3.52. The summed E-state index contributed by atoms with van der Waals surface area (Å²) in [6.07, 6.45) is 0. The van der Waals surface area contributed by atoms with Crippen LogP contribution in [0.3, 0.4) is 0 Å². The first-order chi connectivity index (χ1) is 12.6. The Hall–Kier alpha value is -2.83. The fourth-order valence-corrected chi connectivity index (χ4v) is 3.55. The lowest BCUT2D eigenvalue weighted by atomic mass is 10.0. The van der Waals surface area contributed by atoms with Gasteiger partial charge in [0.2, 0.25) is 0 Å².